The van der Waals surface area contributed by atoms with Crippen molar-refractivity contribution in [3.63, 3.8) is 0 Å². The van der Waals surface area contributed by atoms with Crippen molar-refractivity contribution in [3.8, 4) is 5.75 Å². The van der Waals surface area contributed by atoms with E-state index in [2.05, 4.69) is 26.2 Å². The highest BCUT2D eigenvalue weighted by molar-refractivity contribution is 9.10. The summed E-state index contributed by atoms with van der Waals surface area (Å²) in [6.45, 7) is -0.563. The molecule has 8 nitrogen and oxygen atoms in total. The Morgan fingerprint density at radius 1 is 0.904 bits per heavy atom. The zero-order valence-corrected chi connectivity index (χ0v) is 29.5. The van der Waals surface area contributed by atoms with E-state index in [9.17, 15) is 45.5 Å². The van der Waals surface area contributed by atoms with Gasteiger partial charge >= 0.3 is 17.2 Å². The molecule has 3 aromatic carbocycles. The third kappa shape index (κ3) is 5.84. The molecule has 8 rings (SSSR count). The van der Waals surface area contributed by atoms with Crippen LogP contribution in [-0.2, 0) is 26.7 Å². The molecule has 17 heteroatoms. The number of nitrogens with one attached hydrogen (secondary N) is 2. The Morgan fingerprint density at radius 3 is 2.29 bits per heavy atom. The molecule has 270 valence electrons. The first-order valence-corrected chi connectivity index (χ1v) is 18.4. The number of rotatable bonds is 6. The van der Waals surface area contributed by atoms with Gasteiger partial charge in [0.05, 0.1) is 33.7 Å². The van der Waals surface area contributed by atoms with Crippen LogP contribution in [0.1, 0.15) is 33.9 Å². The van der Waals surface area contributed by atoms with Gasteiger partial charge in [-0.05, 0) is 78.8 Å². The Balaban J connectivity index is 1.11. The Hall–Kier alpha value is -4.09. The number of carbonyl (C=O) groups excluding carboxylic acids is 3. The molecule has 4 aromatic rings. The minimum atomic E-state index is -4.67. The molecule has 3 heterocycles. The highest BCUT2D eigenvalue weighted by Gasteiger charge is 2.70. The summed E-state index contributed by atoms with van der Waals surface area (Å²) in [5.41, 5.74) is -1.53. The predicted octanol–water partition coefficient (Wildman–Crippen LogP) is 7.93. The van der Waals surface area contributed by atoms with Crippen LogP contribution in [0, 0.1) is 29.6 Å². The van der Waals surface area contributed by atoms with Crippen molar-refractivity contribution >= 4 is 68.1 Å². The summed E-state index contributed by atoms with van der Waals surface area (Å²) in [6.07, 6.45) is -8.76. The van der Waals surface area contributed by atoms with Gasteiger partial charge in [0, 0.05) is 31.8 Å². The number of carbonyl (C=O) groups is 3. The fraction of sp³-hybridized carbons (Fsp3) is 0.314. The van der Waals surface area contributed by atoms with Gasteiger partial charge in [0.1, 0.15) is 5.75 Å². The summed E-state index contributed by atoms with van der Waals surface area (Å²) >= 11 is 5.92. The molecule has 2 saturated carbocycles. The van der Waals surface area contributed by atoms with Crippen molar-refractivity contribution in [1.29, 1.82) is 0 Å². The molecule has 2 bridgehead atoms. The number of hydrogen-bond acceptors (Lipinski definition) is 7. The SMILES string of the molecule is O=C(COc1ccc(Br)cc1[C@H]1c2sc(=O)[nH]c2SC2C3CC(C4C(=O)N(c5cccc(C(F)(F)F)c5)C(=O)C34)C21)Nc1cccc(C(F)(F)F)c1. The number of ether oxygens (including phenoxy) is 1. The average molecular weight is 825 g/mol. The lowest BCUT2D eigenvalue weighted by atomic mass is 9.68. The van der Waals surface area contributed by atoms with E-state index < -0.39 is 65.6 Å². The maximum absolute atomic E-state index is 14.1. The number of anilines is 2. The zero-order valence-electron chi connectivity index (χ0n) is 26.3. The van der Waals surface area contributed by atoms with Gasteiger partial charge in [-0.2, -0.15) is 26.3 Å². The van der Waals surface area contributed by atoms with E-state index in [-0.39, 0.29) is 45.0 Å². The minimum absolute atomic E-state index is 0.0696. The van der Waals surface area contributed by atoms with Crippen molar-refractivity contribution < 1.29 is 45.5 Å². The van der Waals surface area contributed by atoms with E-state index in [1.165, 1.54) is 30.0 Å². The zero-order chi connectivity index (χ0) is 36.9. The number of aromatic nitrogens is 1. The molecule has 4 aliphatic rings. The second-order valence-corrected chi connectivity index (χ2v) is 16.2. The smallest absolute Gasteiger partial charge is 0.416 e. The van der Waals surface area contributed by atoms with Crippen molar-refractivity contribution in [3.05, 3.63) is 102 Å². The van der Waals surface area contributed by atoms with Gasteiger partial charge in [-0.3, -0.25) is 24.1 Å². The third-order valence-corrected chi connectivity index (χ3v) is 13.4. The van der Waals surface area contributed by atoms with Gasteiger partial charge in [-0.15, -0.1) is 11.8 Å². The van der Waals surface area contributed by atoms with Crippen LogP contribution < -0.4 is 19.8 Å². The number of H-pyrrole nitrogens is 1. The predicted molar refractivity (Wildman–Crippen MR) is 182 cm³/mol. The first-order valence-electron chi connectivity index (χ1n) is 15.9. The van der Waals surface area contributed by atoms with Crippen LogP contribution in [0.15, 0.2) is 81.0 Å². The summed E-state index contributed by atoms with van der Waals surface area (Å²) in [5, 5.41) is 2.77. The molecule has 3 amide bonds. The number of thiazole rings is 1. The fourth-order valence-corrected chi connectivity index (χ4v) is 11.7. The second kappa shape index (κ2) is 12.5. The number of aromatic amines is 1. The van der Waals surface area contributed by atoms with E-state index in [0.29, 0.717) is 26.4 Å². The molecule has 1 aromatic heterocycles. The number of fused-ring (bicyclic) bond motifs is 9. The largest absolute Gasteiger partial charge is 0.483 e. The molecule has 6 unspecified atom stereocenters. The third-order valence-electron chi connectivity index (χ3n) is 10.3. The van der Waals surface area contributed by atoms with Crippen LogP contribution >= 0.6 is 39.0 Å². The molecule has 0 spiro atoms. The second-order valence-electron chi connectivity index (χ2n) is 13.1. The number of thioether (sulfide) groups is 1. The number of imide groups is 1. The Labute approximate surface area is 307 Å². The topological polar surface area (TPSA) is 109 Å². The molecule has 7 atom stereocenters. The van der Waals surface area contributed by atoms with E-state index in [1.54, 1.807) is 18.2 Å². The van der Waals surface area contributed by atoms with Crippen LogP contribution in [0.4, 0.5) is 37.7 Å². The molecule has 3 fully saturated rings. The molecule has 52 heavy (non-hydrogen) atoms. The normalized spacial score (nSPS) is 26.3. The number of hydrogen-bond donors (Lipinski definition) is 2. The average Bonchev–Trinajstić information content (AvgIpc) is 3.82. The quantitative estimate of drug-likeness (QED) is 0.151. The van der Waals surface area contributed by atoms with Crippen molar-refractivity contribution in [2.24, 2.45) is 29.6 Å². The summed E-state index contributed by atoms with van der Waals surface area (Å²) < 4.78 is 87.0. The van der Waals surface area contributed by atoms with Gasteiger partial charge in [0.25, 0.3) is 5.91 Å². The van der Waals surface area contributed by atoms with Crippen molar-refractivity contribution in [2.45, 2.75) is 35.0 Å². The number of nitrogens with zero attached hydrogens (tertiary/aromatic N) is 1. The van der Waals surface area contributed by atoms with Gasteiger partial charge in [-0.25, -0.2) is 0 Å². The first-order chi connectivity index (χ1) is 24.6. The molecule has 2 aliphatic carbocycles. The van der Waals surface area contributed by atoms with Gasteiger partial charge < -0.3 is 15.0 Å². The number of alkyl halides is 6. The highest BCUT2D eigenvalue weighted by Crippen LogP contribution is 2.69. The summed E-state index contributed by atoms with van der Waals surface area (Å²) in [4.78, 5) is 57.8. The van der Waals surface area contributed by atoms with Gasteiger partial charge in [0.2, 0.25) is 11.8 Å². The highest BCUT2D eigenvalue weighted by atomic mass is 79.9. The molecular formula is C35H24BrF6N3O5S2. The minimum Gasteiger partial charge on any atom is -0.483 e. The fourth-order valence-electron chi connectivity index (χ4n) is 8.45. The maximum atomic E-state index is 14.1. The van der Waals surface area contributed by atoms with E-state index in [0.717, 1.165) is 46.6 Å². The van der Waals surface area contributed by atoms with Crippen LogP contribution in [0.3, 0.4) is 0 Å². The Kier molecular flexibility index (Phi) is 8.41. The molecule has 2 N–H and O–H groups in total. The lowest BCUT2D eigenvalue weighted by Gasteiger charge is -2.43. The number of halogens is 7. The Morgan fingerprint density at radius 2 is 1.58 bits per heavy atom. The van der Waals surface area contributed by atoms with E-state index in [4.69, 9.17) is 4.74 Å². The van der Waals surface area contributed by atoms with Crippen LogP contribution in [0.2, 0.25) is 0 Å². The van der Waals surface area contributed by atoms with Crippen molar-refractivity contribution in [1.82, 2.24) is 4.98 Å². The lowest BCUT2D eigenvalue weighted by molar-refractivity contribution is -0.138. The standard InChI is InChI=1S/C35H24BrF6N3O5S2/c36-16-7-8-22(50-13-23(46)43-17-5-1-3-14(9-17)34(37,38)39)19(11-16)24-25-20-12-21(28(25)51-30-29(24)52-33(49)44-30)27-26(20)31(47)45(32(27)48)18-6-2-4-15(10-18)35(40,41)42/h1-11,20-21,24-28H,12-13H2,(H,43,46)(H,44,49)/t20?,21?,24-,25?,26?,27?,28?/m1/s1. The van der Waals surface area contributed by atoms with Gasteiger partial charge in [0.15, 0.2) is 6.61 Å². The molecular weight excluding hydrogens is 800 g/mol. The Bertz CT molecular complexity index is 2210. The van der Waals surface area contributed by atoms with Crippen LogP contribution in [0.25, 0.3) is 0 Å². The molecule has 0 radical (unpaired) electrons. The molecule has 1 saturated heterocycles. The maximum Gasteiger partial charge on any atom is 0.416 e. The monoisotopic (exact) mass is 823 g/mol. The summed E-state index contributed by atoms with van der Waals surface area (Å²) in [5.74, 6) is -4.61. The number of benzene rings is 3. The number of amides is 3. The van der Waals surface area contributed by atoms with Gasteiger partial charge in [-0.1, -0.05) is 39.4 Å². The lowest BCUT2D eigenvalue weighted by Crippen LogP contribution is -2.42. The van der Waals surface area contributed by atoms with E-state index >= 15 is 0 Å². The van der Waals surface area contributed by atoms with Crippen molar-refractivity contribution in [2.75, 3.05) is 16.8 Å². The van der Waals surface area contributed by atoms with E-state index in [1.807, 2.05) is 0 Å². The first kappa shape index (κ1) is 35.0. The summed E-state index contributed by atoms with van der Waals surface area (Å²) in [6, 6.07) is 13.4. The van der Waals surface area contributed by atoms with Crippen LogP contribution in [0.5, 0.6) is 5.75 Å². The summed E-state index contributed by atoms with van der Waals surface area (Å²) in [7, 11) is 0. The molecule has 2 aliphatic heterocycles. The van der Waals surface area contributed by atoms with Crippen LogP contribution in [-0.4, -0.2) is 34.6 Å².